The fraction of sp³-hybridized carbons (Fsp3) is 0.0625. The summed E-state index contributed by atoms with van der Waals surface area (Å²) in [5, 5.41) is 4.55. The molecule has 3 aromatic rings. The second-order valence-corrected chi connectivity index (χ2v) is 5.03. The van der Waals surface area contributed by atoms with E-state index in [0.29, 0.717) is 16.6 Å². The van der Waals surface area contributed by atoms with Crippen LogP contribution in [0.2, 0.25) is 5.02 Å². The molecule has 0 bridgehead atoms. The van der Waals surface area contributed by atoms with Crippen molar-refractivity contribution in [3.8, 4) is 22.5 Å². The summed E-state index contributed by atoms with van der Waals surface area (Å²) < 4.78 is 5.44. The molecule has 0 saturated carbocycles. The highest BCUT2D eigenvalue weighted by atomic mass is 35.5. The topological polar surface area (TPSA) is 52.0 Å². The Hall–Kier alpha value is -2.26. The number of nitrogen functional groups attached to an aromatic ring is 1. The van der Waals surface area contributed by atoms with Crippen LogP contribution < -0.4 is 5.73 Å². The van der Waals surface area contributed by atoms with Gasteiger partial charge in [0.2, 0.25) is 0 Å². The van der Waals surface area contributed by atoms with Gasteiger partial charge in [-0.2, -0.15) is 0 Å². The number of halogens is 1. The van der Waals surface area contributed by atoms with Gasteiger partial charge in [-0.1, -0.05) is 53.2 Å². The lowest BCUT2D eigenvalue weighted by atomic mass is 9.99. The van der Waals surface area contributed by atoms with Gasteiger partial charge in [0.1, 0.15) is 0 Å². The highest BCUT2D eigenvalue weighted by molar-refractivity contribution is 6.30. The normalized spacial score (nSPS) is 10.7. The number of hydrogen-bond donors (Lipinski definition) is 1. The second kappa shape index (κ2) is 5.02. The lowest BCUT2D eigenvalue weighted by Crippen LogP contribution is -1.89. The summed E-state index contributed by atoms with van der Waals surface area (Å²) in [6.07, 6.45) is 0. The van der Waals surface area contributed by atoms with Crippen LogP contribution in [-0.2, 0) is 0 Å². The predicted molar refractivity (Wildman–Crippen MR) is 81.5 cm³/mol. The number of nitrogens with two attached hydrogens (primary N) is 1. The molecule has 1 aromatic heterocycles. The smallest absolute Gasteiger partial charge is 0.177 e. The largest absolute Gasteiger partial charge is 0.380 e. The highest BCUT2D eigenvalue weighted by Crippen LogP contribution is 2.38. The Balaban J connectivity index is 2.24. The van der Waals surface area contributed by atoms with Crippen LogP contribution in [-0.4, -0.2) is 5.16 Å². The van der Waals surface area contributed by atoms with Crippen molar-refractivity contribution in [2.75, 3.05) is 5.73 Å². The summed E-state index contributed by atoms with van der Waals surface area (Å²) >= 11 is 6.08. The van der Waals surface area contributed by atoms with Crippen molar-refractivity contribution in [1.82, 2.24) is 5.16 Å². The van der Waals surface area contributed by atoms with Crippen LogP contribution >= 0.6 is 11.6 Å². The lowest BCUT2D eigenvalue weighted by molar-refractivity contribution is 0.436. The van der Waals surface area contributed by atoms with Gasteiger partial charge in [-0.05, 0) is 30.2 Å². The molecule has 0 radical (unpaired) electrons. The van der Waals surface area contributed by atoms with Gasteiger partial charge in [0.05, 0.1) is 5.56 Å². The standard InChI is InChI=1S/C16H13ClN2O/c1-10-7-8-12(17)9-13(10)15-14(16(18)19-20-15)11-5-3-2-4-6-11/h2-9H,1H3,(H2,18,19). The first-order valence-corrected chi connectivity index (χ1v) is 6.61. The molecule has 0 atom stereocenters. The van der Waals surface area contributed by atoms with Crippen molar-refractivity contribution < 1.29 is 4.52 Å². The number of anilines is 1. The lowest BCUT2D eigenvalue weighted by Gasteiger charge is -2.06. The molecule has 3 rings (SSSR count). The molecular weight excluding hydrogens is 272 g/mol. The molecule has 0 aliphatic carbocycles. The van der Waals surface area contributed by atoms with Gasteiger partial charge in [0, 0.05) is 10.6 Å². The SMILES string of the molecule is Cc1ccc(Cl)cc1-c1onc(N)c1-c1ccccc1. The molecule has 0 saturated heterocycles. The Morgan fingerprint density at radius 1 is 1.10 bits per heavy atom. The van der Waals surface area contributed by atoms with Crippen molar-refractivity contribution in [3.05, 3.63) is 59.1 Å². The summed E-state index contributed by atoms with van der Waals surface area (Å²) in [5.74, 6) is 1.03. The Labute approximate surface area is 122 Å². The van der Waals surface area contributed by atoms with E-state index in [1.807, 2.05) is 55.5 Å². The minimum absolute atomic E-state index is 0.380. The Kier molecular flexibility index (Phi) is 3.20. The number of rotatable bonds is 2. The maximum atomic E-state index is 6.08. The van der Waals surface area contributed by atoms with Crippen LogP contribution in [0.4, 0.5) is 5.82 Å². The van der Waals surface area contributed by atoms with Crippen LogP contribution in [0.1, 0.15) is 5.56 Å². The van der Waals surface area contributed by atoms with Gasteiger partial charge in [-0.15, -0.1) is 0 Å². The first-order chi connectivity index (χ1) is 9.66. The number of hydrogen-bond acceptors (Lipinski definition) is 3. The number of aromatic nitrogens is 1. The fourth-order valence-corrected chi connectivity index (χ4v) is 2.38. The highest BCUT2D eigenvalue weighted by Gasteiger charge is 2.19. The fourth-order valence-electron chi connectivity index (χ4n) is 2.21. The van der Waals surface area contributed by atoms with Crippen LogP contribution in [0.5, 0.6) is 0 Å². The van der Waals surface area contributed by atoms with Crippen molar-refractivity contribution in [2.45, 2.75) is 6.92 Å². The summed E-state index contributed by atoms with van der Waals surface area (Å²) in [6, 6.07) is 15.5. The molecule has 20 heavy (non-hydrogen) atoms. The zero-order chi connectivity index (χ0) is 14.1. The number of benzene rings is 2. The van der Waals surface area contributed by atoms with Crippen molar-refractivity contribution in [2.24, 2.45) is 0 Å². The summed E-state index contributed by atoms with van der Waals surface area (Å²) in [4.78, 5) is 0. The molecule has 4 heteroatoms. The zero-order valence-corrected chi connectivity index (χ0v) is 11.7. The first-order valence-electron chi connectivity index (χ1n) is 6.24. The molecule has 1 heterocycles. The van der Waals surface area contributed by atoms with E-state index >= 15 is 0 Å². The predicted octanol–water partition coefficient (Wildman–Crippen LogP) is 4.55. The van der Waals surface area contributed by atoms with Gasteiger partial charge in [0.25, 0.3) is 0 Å². The maximum Gasteiger partial charge on any atom is 0.177 e. The van der Waals surface area contributed by atoms with Crippen molar-refractivity contribution in [3.63, 3.8) is 0 Å². The molecule has 3 nitrogen and oxygen atoms in total. The van der Waals surface area contributed by atoms with E-state index in [2.05, 4.69) is 5.16 Å². The summed E-state index contributed by atoms with van der Waals surface area (Å²) in [6.45, 7) is 2.00. The van der Waals surface area contributed by atoms with Gasteiger partial charge in [-0.25, -0.2) is 0 Å². The molecule has 0 spiro atoms. The van der Waals surface area contributed by atoms with Crippen molar-refractivity contribution in [1.29, 1.82) is 0 Å². The zero-order valence-electron chi connectivity index (χ0n) is 10.9. The quantitative estimate of drug-likeness (QED) is 0.751. The van der Waals surface area contributed by atoms with E-state index in [9.17, 15) is 0 Å². The molecule has 100 valence electrons. The molecule has 0 aliphatic rings. The van der Waals surface area contributed by atoms with E-state index in [1.54, 1.807) is 0 Å². The monoisotopic (exact) mass is 284 g/mol. The summed E-state index contributed by atoms with van der Waals surface area (Å²) in [7, 11) is 0. The van der Waals surface area contributed by atoms with Gasteiger partial charge in [-0.3, -0.25) is 0 Å². The van der Waals surface area contributed by atoms with Crippen LogP contribution in [0.15, 0.2) is 53.1 Å². The molecule has 0 amide bonds. The number of aryl methyl sites for hydroxylation is 1. The molecule has 0 unspecified atom stereocenters. The van der Waals surface area contributed by atoms with Gasteiger partial charge in [0.15, 0.2) is 11.6 Å². The minimum Gasteiger partial charge on any atom is -0.380 e. The van der Waals surface area contributed by atoms with E-state index < -0.39 is 0 Å². The Bertz CT molecular complexity index is 750. The minimum atomic E-state index is 0.380. The average Bonchev–Trinajstić information content (AvgIpc) is 2.84. The van der Waals surface area contributed by atoms with E-state index in [1.165, 1.54) is 0 Å². The molecular formula is C16H13ClN2O. The second-order valence-electron chi connectivity index (χ2n) is 4.60. The third-order valence-corrected chi connectivity index (χ3v) is 3.46. The number of nitrogens with zero attached hydrogens (tertiary/aromatic N) is 1. The van der Waals surface area contributed by atoms with Crippen LogP contribution in [0.3, 0.4) is 0 Å². The third-order valence-electron chi connectivity index (χ3n) is 3.23. The molecule has 2 N–H and O–H groups in total. The first kappa shape index (κ1) is 12.8. The molecule has 2 aromatic carbocycles. The molecule has 0 fully saturated rings. The Morgan fingerprint density at radius 2 is 1.85 bits per heavy atom. The van der Waals surface area contributed by atoms with E-state index in [-0.39, 0.29) is 0 Å². The van der Waals surface area contributed by atoms with Gasteiger partial charge < -0.3 is 10.3 Å². The third kappa shape index (κ3) is 2.17. The van der Waals surface area contributed by atoms with Crippen LogP contribution in [0.25, 0.3) is 22.5 Å². The van der Waals surface area contributed by atoms with Crippen LogP contribution in [0, 0.1) is 6.92 Å². The van der Waals surface area contributed by atoms with Gasteiger partial charge >= 0.3 is 0 Å². The molecule has 0 aliphatic heterocycles. The Morgan fingerprint density at radius 3 is 2.60 bits per heavy atom. The average molecular weight is 285 g/mol. The van der Waals surface area contributed by atoms with Crippen molar-refractivity contribution >= 4 is 17.4 Å². The van der Waals surface area contributed by atoms with E-state index in [4.69, 9.17) is 21.9 Å². The maximum absolute atomic E-state index is 6.08. The van der Waals surface area contributed by atoms with E-state index in [0.717, 1.165) is 22.3 Å². The summed E-state index contributed by atoms with van der Waals surface area (Å²) in [5.41, 5.74) is 9.70.